The van der Waals surface area contributed by atoms with Gasteiger partial charge in [-0.1, -0.05) is 41.9 Å². The maximum Gasteiger partial charge on any atom is 0.339 e. The van der Waals surface area contributed by atoms with Gasteiger partial charge < -0.3 is 9.47 Å². The fourth-order valence-corrected chi connectivity index (χ4v) is 1.67. The Morgan fingerprint density at radius 2 is 1.85 bits per heavy atom. The Morgan fingerprint density at radius 1 is 1.20 bits per heavy atom. The lowest BCUT2D eigenvalue weighted by Crippen LogP contribution is -2.08. The highest BCUT2D eigenvalue weighted by Crippen LogP contribution is 2.24. The molecule has 20 heavy (non-hydrogen) atoms. The third-order valence-corrected chi connectivity index (χ3v) is 2.77. The molecule has 0 aromatic heterocycles. The van der Waals surface area contributed by atoms with E-state index in [2.05, 4.69) is 4.74 Å². The first-order valence-electron chi connectivity index (χ1n) is 5.98. The van der Waals surface area contributed by atoms with Crippen LogP contribution in [0.25, 0.3) is 5.03 Å². The number of ether oxygens (including phenoxy) is 2. The molecule has 0 radical (unpaired) electrons. The summed E-state index contributed by atoms with van der Waals surface area (Å²) in [5, 5.41) is 0.212. The SMILES string of the molecule is CCOC(=O)C(/C=C/C(=O)OC)=C(\Cl)c1ccccc1. The van der Waals surface area contributed by atoms with Crippen molar-refractivity contribution in [1.29, 1.82) is 0 Å². The molecule has 0 aliphatic rings. The lowest BCUT2D eigenvalue weighted by molar-refractivity contribution is -0.138. The molecule has 106 valence electrons. The fourth-order valence-electron chi connectivity index (χ4n) is 1.40. The summed E-state index contributed by atoms with van der Waals surface area (Å²) >= 11 is 6.20. The standard InChI is InChI=1S/C15H15ClO4/c1-3-20-15(18)12(9-10-13(17)19-2)14(16)11-7-5-4-6-8-11/h4-10H,3H2,1-2H3/b10-9+,14-12-. The van der Waals surface area contributed by atoms with Crippen molar-refractivity contribution in [1.82, 2.24) is 0 Å². The molecule has 4 nitrogen and oxygen atoms in total. The first-order valence-corrected chi connectivity index (χ1v) is 6.36. The predicted molar refractivity (Wildman–Crippen MR) is 77.0 cm³/mol. The van der Waals surface area contributed by atoms with Crippen molar-refractivity contribution in [3.05, 3.63) is 53.6 Å². The number of hydrogen-bond acceptors (Lipinski definition) is 4. The van der Waals surface area contributed by atoms with E-state index in [1.165, 1.54) is 13.2 Å². The van der Waals surface area contributed by atoms with E-state index in [0.29, 0.717) is 5.56 Å². The van der Waals surface area contributed by atoms with Crippen LogP contribution in [-0.2, 0) is 19.1 Å². The zero-order valence-corrected chi connectivity index (χ0v) is 12.0. The number of carbonyl (C=O) groups is 2. The smallest absolute Gasteiger partial charge is 0.339 e. The molecule has 0 saturated carbocycles. The molecule has 0 fully saturated rings. The molecule has 1 rings (SSSR count). The Balaban J connectivity index is 3.18. The van der Waals surface area contributed by atoms with Crippen LogP contribution in [0.15, 0.2) is 48.1 Å². The summed E-state index contributed by atoms with van der Waals surface area (Å²) in [6.07, 6.45) is 2.41. The molecule has 0 N–H and O–H groups in total. The zero-order valence-electron chi connectivity index (χ0n) is 11.3. The van der Waals surface area contributed by atoms with Crippen LogP contribution >= 0.6 is 11.6 Å². The second-order valence-electron chi connectivity index (χ2n) is 3.67. The molecule has 0 amide bonds. The Bertz CT molecular complexity index is 532. The molecule has 0 atom stereocenters. The predicted octanol–water partition coefficient (Wildman–Crippen LogP) is 2.93. The second kappa shape index (κ2) is 8.17. The van der Waals surface area contributed by atoms with Crippen molar-refractivity contribution in [2.75, 3.05) is 13.7 Å². The minimum atomic E-state index is -0.596. The van der Waals surface area contributed by atoms with Crippen LogP contribution in [0, 0.1) is 0 Å². The van der Waals surface area contributed by atoms with Gasteiger partial charge in [0, 0.05) is 6.08 Å². The van der Waals surface area contributed by atoms with Crippen molar-refractivity contribution < 1.29 is 19.1 Å². The van der Waals surface area contributed by atoms with Gasteiger partial charge >= 0.3 is 11.9 Å². The van der Waals surface area contributed by atoms with Gasteiger partial charge in [0.15, 0.2) is 0 Å². The highest BCUT2D eigenvalue weighted by molar-refractivity contribution is 6.51. The lowest BCUT2D eigenvalue weighted by atomic mass is 10.1. The maximum atomic E-state index is 11.9. The largest absolute Gasteiger partial charge is 0.466 e. The Morgan fingerprint density at radius 3 is 2.40 bits per heavy atom. The third-order valence-electron chi connectivity index (χ3n) is 2.35. The van der Waals surface area contributed by atoms with Crippen LogP contribution in [0.1, 0.15) is 12.5 Å². The molecule has 5 heteroatoms. The van der Waals surface area contributed by atoms with Crippen LogP contribution in [0.4, 0.5) is 0 Å². The van der Waals surface area contributed by atoms with Gasteiger partial charge in [0.05, 0.1) is 24.3 Å². The van der Waals surface area contributed by atoms with Crippen LogP contribution in [0.3, 0.4) is 0 Å². The number of methoxy groups -OCH3 is 1. The fraction of sp³-hybridized carbons (Fsp3) is 0.200. The number of esters is 2. The van der Waals surface area contributed by atoms with Gasteiger partial charge in [-0.25, -0.2) is 9.59 Å². The van der Waals surface area contributed by atoms with E-state index < -0.39 is 11.9 Å². The Labute approximate surface area is 122 Å². The van der Waals surface area contributed by atoms with Crippen LogP contribution in [0.2, 0.25) is 0 Å². The van der Waals surface area contributed by atoms with E-state index in [9.17, 15) is 9.59 Å². The molecule has 0 aliphatic carbocycles. The summed E-state index contributed by atoms with van der Waals surface area (Å²) in [4.78, 5) is 23.0. The normalized spacial score (nSPS) is 11.9. The number of rotatable bonds is 5. The number of carbonyl (C=O) groups excluding carboxylic acids is 2. The average Bonchev–Trinajstić information content (AvgIpc) is 2.48. The van der Waals surface area contributed by atoms with Crippen LogP contribution in [-0.4, -0.2) is 25.7 Å². The zero-order chi connectivity index (χ0) is 15.0. The lowest BCUT2D eigenvalue weighted by Gasteiger charge is -2.06. The van der Waals surface area contributed by atoms with Gasteiger partial charge in [-0.3, -0.25) is 0 Å². The number of hydrogen-bond donors (Lipinski definition) is 0. The number of benzene rings is 1. The first kappa shape index (κ1) is 16.0. The Kier molecular flexibility index (Phi) is 6.53. The molecule has 0 saturated heterocycles. The summed E-state index contributed by atoms with van der Waals surface area (Å²) in [6.45, 7) is 1.91. The quantitative estimate of drug-likeness (QED) is 0.476. The van der Waals surface area contributed by atoms with E-state index in [-0.39, 0.29) is 17.2 Å². The van der Waals surface area contributed by atoms with Gasteiger partial charge in [-0.15, -0.1) is 0 Å². The monoisotopic (exact) mass is 294 g/mol. The summed E-state index contributed by atoms with van der Waals surface area (Å²) in [5.41, 5.74) is 0.761. The minimum Gasteiger partial charge on any atom is -0.466 e. The average molecular weight is 295 g/mol. The molecule has 0 aliphatic heterocycles. The minimum absolute atomic E-state index is 0.102. The summed E-state index contributed by atoms with van der Waals surface area (Å²) in [6, 6.07) is 8.94. The van der Waals surface area contributed by atoms with E-state index >= 15 is 0 Å². The van der Waals surface area contributed by atoms with Crippen molar-refractivity contribution in [3.63, 3.8) is 0 Å². The summed E-state index contributed by atoms with van der Waals surface area (Å²) < 4.78 is 9.41. The molecular weight excluding hydrogens is 280 g/mol. The van der Waals surface area contributed by atoms with Crippen LogP contribution < -0.4 is 0 Å². The van der Waals surface area contributed by atoms with Crippen molar-refractivity contribution in [2.45, 2.75) is 6.92 Å². The highest BCUT2D eigenvalue weighted by atomic mass is 35.5. The molecule has 0 bridgehead atoms. The van der Waals surface area contributed by atoms with Crippen molar-refractivity contribution in [2.24, 2.45) is 0 Å². The molecule has 1 aromatic carbocycles. The molecule has 1 aromatic rings. The number of halogens is 1. The first-order chi connectivity index (χ1) is 9.60. The van der Waals surface area contributed by atoms with Gasteiger partial charge in [0.2, 0.25) is 0 Å². The van der Waals surface area contributed by atoms with Gasteiger partial charge in [0.1, 0.15) is 0 Å². The van der Waals surface area contributed by atoms with E-state index in [1.54, 1.807) is 31.2 Å². The van der Waals surface area contributed by atoms with Gasteiger partial charge in [-0.2, -0.15) is 0 Å². The van der Waals surface area contributed by atoms with E-state index in [0.717, 1.165) is 6.08 Å². The summed E-state index contributed by atoms with van der Waals surface area (Å²) in [5.74, 6) is -1.18. The molecule has 0 heterocycles. The molecule has 0 unspecified atom stereocenters. The van der Waals surface area contributed by atoms with Gasteiger partial charge in [-0.05, 0) is 18.6 Å². The van der Waals surface area contributed by atoms with E-state index in [1.807, 2.05) is 6.07 Å². The van der Waals surface area contributed by atoms with Crippen molar-refractivity contribution in [3.8, 4) is 0 Å². The van der Waals surface area contributed by atoms with Gasteiger partial charge in [0.25, 0.3) is 0 Å². The molecular formula is C15H15ClO4. The van der Waals surface area contributed by atoms with Crippen LogP contribution in [0.5, 0.6) is 0 Å². The third kappa shape index (κ3) is 4.55. The topological polar surface area (TPSA) is 52.6 Å². The molecule has 0 spiro atoms. The van der Waals surface area contributed by atoms with Crippen molar-refractivity contribution >= 4 is 28.6 Å². The highest BCUT2D eigenvalue weighted by Gasteiger charge is 2.14. The summed E-state index contributed by atoms with van der Waals surface area (Å²) in [7, 11) is 1.25. The maximum absolute atomic E-state index is 11.9. The van der Waals surface area contributed by atoms with E-state index in [4.69, 9.17) is 16.3 Å². The Hall–Kier alpha value is -2.07. The second-order valence-corrected chi connectivity index (χ2v) is 4.05.